The van der Waals surface area contributed by atoms with E-state index in [9.17, 15) is 4.79 Å². The maximum atomic E-state index is 13.0. The van der Waals surface area contributed by atoms with Crippen LogP contribution >= 0.6 is 23.2 Å². The second-order valence-corrected chi connectivity index (χ2v) is 7.95. The van der Waals surface area contributed by atoms with Gasteiger partial charge in [0.1, 0.15) is 11.8 Å². The van der Waals surface area contributed by atoms with Gasteiger partial charge in [0.15, 0.2) is 6.61 Å². The van der Waals surface area contributed by atoms with Crippen LogP contribution in [0.3, 0.4) is 0 Å². The standard InChI is InChI=1S/C20H15Cl2N7O3/c1-10-26-19(27-32-10)20(30)28-3-4-29-13(9-28)15(11-7-24-25-8-11)16-14(31-5-2-23)6-12(21)17(22)18(16)29/h6-8H,3-5,9H2,1H3,(H,24,25). The molecule has 1 aliphatic rings. The summed E-state index contributed by atoms with van der Waals surface area (Å²) in [6.07, 6.45) is 3.42. The van der Waals surface area contributed by atoms with Gasteiger partial charge in [-0.05, 0) is 0 Å². The van der Waals surface area contributed by atoms with Gasteiger partial charge in [0, 0.05) is 49.1 Å². The highest BCUT2D eigenvalue weighted by Crippen LogP contribution is 2.47. The zero-order chi connectivity index (χ0) is 22.4. The summed E-state index contributed by atoms with van der Waals surface area (Å²) >= 11 is 13.0. The van der Waals surface area contributed by atoms with Gasteiger partial charge in [0.05, 0.1) is 33.7 Å². The maximum Gasteiger partial charge on any atom is 0.295 e. The van der Waals surface area contributed by atoms with E-state index < -0.39 is 0 Å². The van der Waals surface area contributed by atoms with Gasteiger partial charge >= 0.3 is 0 Å². The third-order valence-corrected chi connectivity index (χ3v) is 6.09. The summed E-state index contributed by atoms with van der Waals surface area (Å²) in [7, 11) is 0. The Labute approximate surface area is 191 Å². The maximum absolute atomic E-state index is 13.0. The normalized spacial score (nSPS) is 13.2. The quantitative estimate of drug-likeness (QED) is 0.481. The van der Waals surface area contributed by atoms with Gasteiger partial charge in [-0.1, -0.05) is 28.4 Å². The number of fused-ring (bicyclic) bond motifs is 3. The van der Waals surface area contributed by atoms with E-state index in [0.29, 0.717) is 45.7 Å². The number of aryl methyl sites for hydroxylation is 1. The molecule has 32 heavy (non-hydrogen) atoms. The number of ether oxygens (including phenoxy) is 1. The molecule has 162 valence electrons. The third kappa shape index (κ3) is 3.18. The van der Waals surface area contributed by atoms with Gasteiger partial charge in [-0.3, -0.25) is 9.89 Å². The molecule has 0 atom stereocenters. The van der Waals surface area contributed by atoms with Gasteiger partial charge < -0.3 is 18.7 Å². The molecule has 3 aromatic heterocycles. The molecule has 0 spiro atoms. The van der Waals surface area contributed by atoms with Gasteiger partial charge in [-0.25, -0.2) is 0 Å². The molecule has 0 saturated carbocycles. The molecule has 5 rings (SSSR count). The molecule has 0 bridgehead atoms. The number of benzene rings is 1. The van der Waals surface area contributed by atoms with Gasteiger partial charge in [-0.2, -0.15) is 15.3 Å². The van der Waals surface area contributed by atoms with Crippen LogP contribution in [0.1, 0.15) is 22.2 Å². The molecule has 1 N–H and O–H groups in total. The lowest BCUT2D eigenvalue weighted by molar-refractivity contribution is 0.0697. The number of aromatic amines is 1. The van der Waals surface area contributed by atoms with Crippen molar-refractivity contribution < 1.29 is 14.1 Å². The minimum Gasteiger partial charge on any atom is -0.478 e. The van der Waals surface area contributed by atoms with Gasteiger partial charge in [0.25, 0.3) is 11.7 Å². The summed E-state index contributed by atoms with van der Waals surface area (Å²) in [5.74, 6) is 0.428. The number of carbonyl (C=O) groups excluding carboxylic acids is 1. The lowest BCUT2D eigenvalue weighted by atomic mass is 10.0. The number of nitriles is 1. The number of hydrogen-bond acceptors (Lipinski definition) is 7. The van der Waals surface area contributed by atoms with E-state index in [2.05, 4.69) is 20.3 Å². The van der Waals surface area contributed by atoms with Crippen LogP contribution in [0.2, 0.25) is 10.0 Å². The van der Waals surface area contributed by atoms with Crippen LogP contribution in [0, 0.1) is 18.3 Å². The monoisotopic (exact) mass is 471 g/mol. The van der Waals surface area contributed by atoms with E-state index in [-0.39, 0.29) is 24.9 Å². The number of aromatic nitrogens is 5. The van der Waals surface area contributed by atoms with Crippen molar-refractivity contribution in [3.63, 3.8) is 0 Å². The highest BCUT2D eigenvalue weighted by molar-refractivity contribution is 6.45. The first-order chi connectivity index (χ1) is 15.5. The van der Waals surface area contributed by atoms with Crippen LogP contribution in [0.15, 0.2) is 23.0 Å². The molecule has 10 nitrogen and oxygen atoms in total. The molecule has 12 heteroatoms. The fourth-order valence-electron chi connectivity index (χ4n) is 4.01. The highest BCUT2D eigenvalue weighted by atomic mass is 35.5. The minimum atomic E-state index is -0.332. The van der Waals surface area contributed by atoms with E-state index in [1.165, 1.54) is 0 Å². The number of nitrogens with one attached hydrogen (secondary N) is 1. The molecule has 4 heterocycles. The number of hydrogen-bond donors (Lipinski definition) is 1. The van der Waals surface area contributed by atoms with Gasteiger partial charge in [0.2, 0.25) is 5.89 Å². The van der Waals surface area contributed by atoms with Crippen LogP contribution in [0.5, 0.6) is 5.75 Å². The summed E-state index contributed by atoms with van der Waals surface area (Å²) < 4.78 is 12.7. The molecule has 0 aliphatic carbocycles. The number of halogens is 2. The van der Waals surface area contributed by atoms with Crippen molar-refractivity contribution in [1.29, 1.82) is 5.26 Å². The Hall–Kier alpha value is -3.55. The highest BCUT2D eigenvalue weighted by Gasteiger charge is 2.32. The Balaban J connectivity index is 1.71. The van der Waals surface area contributed by atoms with Crippen molar-refractivity contribution in [2.45, 2.75) is 20.0 Å². The SMILES string of the molecule is Cc1nc(C(=O)N2CCn3c(c(-c4cn[nH]c4)c4c(OCC#N)cc(Cl)c(Cl)c43)C2)no1. The van der Waals surface area contributed by atoms with Crippen LogP contribution in [-0.4, -0.2) is 48.9 Å². The fraction of sp³-hybridized carbons (Fsp3) is 0.250. The Morgan fingerprint density at radius 3 is 2.94 bits per heavy atom. The van der Waals surface area contributed by atoms with Crippen molar-refractivity contribution in [3.05, 3.63) is 45.9 Å². The Kier molecular flexibility index (Phi) is 5.00. The van der Waals surface area contributed by atoms with Crippen LogP contribution in [0.25, 0.3) is 22.0 Å². The van der Waals surface area contributed by atoms with E-state index in [0.717, 1.165) is 16.8 Å². The molecule has 1 aromatic carbocycles. The molecule has 0 radical (unpaired) electrons. The molecule has 1 aliphatic heterocycles. The van der Waals surface area contributed by atoms with Crippen LogP contribution < -0.4 is 4.74 Å². The van der Waals surface area contributed by atoms with E-state index in [1.54, 1.807) is 30.3 Å². The Morgan fingerprint density at radius 2 is 2.25 bits per heavy atom. The van der Waals surface area contributed by atoms with Gasteiger partial charge in [-0.15, -0.1) is 0 Å². The minimum absolute atomic E-state index is 0.0102. The molecular weight excluding hydrogens is 457 g/mol. The summed E-state index contributed by atoms with van der Waals surface area (Å²) in [5.41, 5.74) is 3.09. The Bertz CT molecular complexity index is 1380. The molecular formula is C20H15Cl2N7O3. The topological polar surface area (TPSA) is 126 Å². The van der Waals surface area contributed by atoms with E-state index in [4.69, 9.17) is 37.7 Å². The third-order valence-electron chi connectivity index (χ3n) is 5.31. The van der Waals surface area contributed by atoms with Crippen molar-refractivity contribution in [2.75, 3.05) is 13.2 Å². The predicted molar refractivity (Wildman–Crippen MR) is 114 cm³/mol. The largest absolute Gasteiger partial charge is 0.478 e. The average molecular weight is 472 g/mol. The summed E-state index contributed by atoms with van der Waals surface area (Å²) in [6.45, 7) is 2.62. The molecule has 4 aromatic rings. The van der Waals surface area contributed by atoms with Crippen molar-refractivity contribution in [3.8, 4) is 22.9 Å². The first-order valence-electron chi connectivity index (χ1n) is 9.61. The van der Waals surface area contributed by atoms with Crippen LogP contribution in [-0.2, 0) is 13.1 Å². The number of carbonyl (C=O) groups is 1. The molecule has 1 amide bonds. The predicted octanol–water partition coefficient (Wildman–Crippen LogP) is 3.59. The first-order valence-corrected chi connectivity index (χ1v) is 10.4. The second-order valence-electron chi connectivity index (χ2n) is 7.16. The number of H-pyrrole nitrogens is 1. The lowest BCUT2D eigenvalue weighted by Crippen LogP contribution is -2.38. The first kappa shape index (κ1) is 20.4. The lowest BCUT2D eigenvalue weighted by Gasteiger charge is -2.29. The van der Waals surface area contributed by atoms with Crippen LogP contribution in [0.4, 0.5) is 0 Å². The average Bonchev–Trinajstić information content (AvgIpc) is 3.53. The number of rotatable bonds is 4. The summed E-state index contributed by atoms with van der Waals surface area (Å²) in [6, 6.07) is 3.58. The zero-order valence-electron chi connectivity index (χ0n) is 16.7. The van der Waals surface area contributed by atoms with E-state index in [1.807, 2.05) is 10.6 Å². The van der Waals surface area contributed by atoms with E-state index >= 15 is 0 Å². The number of amides is 1. The van der Waals surface area contributed by atoms with Crippen molar-refractivity contribution in [2.24, 2.45) is 0 Å². The molecule has 0 fully saturated rings. The van der Waals surface area contributed by atoms with Crippen molar-refractivity contribution in [1.82, 2.24) is 29.8 Å². The fourth-order valence-corrected chi connectivity index (χ4v) is 4.45. The molecule has 0 saturated heterocycles. The smallest absolute Gasteiger partial charge is 0.295 e. The molecule has 0 unspecified atom stereocenters. The Morgan fingerprint density at radius 1 is 1.41 bits per heavy atom. The number of nitrogens with zero attached hydrogens (tertiary/aromatic N) is 6. The zero-order valence-corrected chi connectivity index (χ0v) is 18.2. The summed E-state index contributed by atoms with van der Waals surface area (Å²) in [4.78, 5) is 18.7. The van der Waals surface area contributed by atoms with Crippen molar-refractivity contribution >= 4 is 40.0 Å². The summed E-state index contributed by atoms with van der Waals surface area (Å²) in [5, 5.41) is 21.0. The second kappa shape index (κ2) is 7.85.